The molecule has 0 heterocycles. The van der Waals surface area contributed by atoms with Crippen molar-refractivity contribution in [3.05, 3.63) is 0 Å². The molecule has 0 rings (SSSR count). The number of carboxylic acids is 1. The normalized spacial score (nSPS) is 13.3. The first-order valence-corrected chi connectivity index (χ1v) is 6.79. The number of rotatable bonds is 9. The molecule has 8 heteroatoms. The quantitative estimate of drug-likeness (QED) is 0.449. The standard InChI is InChI=1S/C13H23N3O5/c1-4-9(17)16-11(7(2)3)13(21)15-8(12(14)20)5-6-10(18)19/h7-8,11H,4-6H2,1-3H3,(H2,14,20)(H,15,21)(H,16,17)(H,18,19)/t8-,11-/m0/s1. The minimum atomic E-state index is -1.09. The summed E-state index contributed by atoms with van der Waals surface area (Å²) in [5, 5.41) is 13.6. The molecule has 0 aromatic carbocycles. The molecule has 0 saturated heterocycles. The molecule has 5 N–H and O–H groups in total. The molecule has 21 heavy (non-hydrogen) atoms. The van der Waals surface area contributed by atoms with Crippen LogP contribution in [0, 0.1) is 5.92 Å². The van der Waals surface area contributed by atoms with Crippen molar-refractivity contribution in [3.63, 3.8) is 0 Å². The van der Waals surface area contributed by atoms with Gasteiger partial charge in [-0.3, -0.25) is 19.2 Å². The van der Waals surface area contributed by atoms with Gasteiger partial charge in [-0.2, -0.15) is 0 Å². The van der Waals surface area contributed by atoms with Crippen LogP contribution in [0.1, 0.15) is 40.0 Å². The molecule has 0 fully saturated rings. The van der Waals surface area contributed by atoms with Gasteiger partial charge in [0.15, 0.2) is 0 Å². The zero-order chi connectivity index (χ0) is 16.6. The Morgan fingerprint density at radius 2 is 1.71 bits per heavy atom. The number of nitrogens with two attached hydrogens (primary N) is 1. The van der Waals surface area contributed by atoms with E-state index in [1.807, 2.05) is 0 Å². The van der Waals surface area contributed by atoms with E-state index in [2.05, 4.69) is 10.6 Å². The summed E-state index contributed by atoms with van der Waals surface area (Å²) < 4.78 is 0. The number of carboxylic acid groups (broad SMARTS) is 1. The minimum Gasteiger partial charge on any atom is -0.481 e. The molecule has 0 aromatic heterocycles. The van der Waals surface area contributed by atoms with Gasteiger partial charge < -0.3 is 21.5 Å². The van der Waals surface area contributed by atoms with Gasteiger partial charge >= 0.3 is 5.97 Å². The highest BCUT2D eigenvalue weighted by molar-refractivity contribution is 5.91. The predicted octanol–water partition coefficient (Wildman–Crippen LogP) is -0.628. The Kier molecular flexibility index (Phi) is 8.03. The van der Waals surface area contributed by atoms with Gasteiger partial charge in [0.1, 0.15) is 12.1 Å². The van der Waals surface area contributed by atoms with Crippen LogP contribution in [-0.4, -0.2) is 40.9 Å². The molecule has 0 spiro atoms. The molecule has 0 radical (unpaired) electrons. The van der Waals surface area contributed by atoms with Crippen molar-refractivity contribution in [3.8, 4) is 0 Å². The lowest BCUT2D eigenvalue weighted by Crippen LogP contribution is -2.54. The Morgan fingerprint density at radius 1 is 1.14 bits per heavy atom. The van der Waals surface area contributed by atoms with Crippen LogP contribution < -0.4 is 16.4 Å². The Morgan fingerprint density at radius 3 is 2.10 bits per heavy atom. The van der Waals surface area contributed by atoms with E-state index in [1.165, 1.54) is 0 Å². The maximum absolute atomic E-state index is 12.1. The van der Waals surface area contributed by atoms with Crippen LogP contribution in [0.3, 0.4) is 0 Å². The third kappa shape index (κ3) is 7.28. The van der Waals surface area contributed by atoms with Gasteiger partial charge in [0, 0.05) is 12.8 Å². The van der Waals surface area contributed by atoms with E-state index in [4.69, 9.17) is 10.8 Å². The Labute approximate surface area is 123 Å². The summed E-state index contributed by atoms with van der Waals surface area (Å²) in [6, 6.07) is -1.88. The van der Waals surface area contributed by atoms with E-state index >= 15 is 0 Å². The third-order valence-electron chi connectivity index (χ3n) is 2.89. The number of nitrogens with one attached hydrogen (secondary N) is 2. The fourth-order valence-corrected chi connectivity index (χ4v) is 1.63. The topological polar surface area (TPSA) is 139 Å². The van der Waals surface area contributed by atoms with Crippen LogP contribution in [0.4, 0.5) is 0 Å². The van der Waals surface area contributed by atoms with Crippen LogP contribution in [-0.2, 0) is 19.2 Å². The summed E-state index contributed by atoms with van der Waals surface area (Å²) in [7, 11) is 0. The number of primary amides is 1. The highest BCUT2D eigenvalue weighted by Gasteiger charge is 2.27. The average Bonchev–Trinajstić information content (AvgIpc) is 2.38. The first kappa shape index (κ1) is 18.9. The molecule has 0 saturated carbocycles. The number of carbonyl (C=O) groups is 4. The average molecular weight is 301 g/mol. The van der Waals surface area contributed by atoms with E-state index in [9.17, 15) is 19.2 Å². The molecular weight excluding hydrogens is 278 g/mol. The van der Waals surface area contributed by atoms with Crippen molar-refractivity contribution in [2.24, 2.45) is 11.7 Å². The van der Waals surface area contributed by atoms with Crippen molar-refractivity contribution in [2.45, 2.75) is 52.1 Å². The van der Waals surface area contributed by atoms with Crippen LogP contribution in [0.25, 0.3) is 0 Å². The molecule has 0 bridgehead atoms. The molecule has 2 atom stereocenters. The predicted molar refractivity (Wildman–Crippen MR) is 75.1 cm³/mol. The van der Waals surface area contributed by atoms with Crippen LogP contribution >= 0.6 is 0 Å². The lowest BCUT2D eigenvalue weighted by Gasteiger charge is -2.24. The minimum absolute atomic E-state index is 0.0943. The van der Waals surface area contributed by atoms with Crippen molar-refractivity contribution in [1.29, 1.82) is 0 Å². The molecular formula is C13H23N3O5. The first-order valence-electron chi connectivity index (χ1n) is 6.79. The van der Waals surface area contributed by atoms with Gasteiger partial charge in [0.25, 0.3) is 0 Å². The van der Waals surface area contributed by atoms with Crippen molar-refractivity contribution in [2.75, 3.05) is 0 Å². The van der Waals surface area contributed by atoms with E-state index in [0.717, 1.165) is 0 Å². The number of carbonyl (C=O) groups excluding carboxylic acids is 3. The number of hydrogen-bond donors (Lipinski definition) is 4. The highest BCUT2D eigenvalue weighted by Crippen LogP contribution is 2.05. The van der Waals surface area contributed by atoms with E-state index in [1.54, 1.807) is 20.8 Å². The zero-order valence-corrected chi connectivity index (χ0v) is 12.5. The Balaban J connectivity index is 4.79. The van der Waals surface area contributed by atoms with Crippen molar-refractivity contribution in [1.82, 2.24) is 10.6 Å². The van der Waals surface area contributed by atoms with Crippen molar-refractivity contribution < 1.29 is 24.3 Å². The van der Waals surface area contributed by atoms with E-state index in [-0.39, 0.29) is 31.1 Å². The van der Waals surface area contributed by atoms with Crippen LogP contribution in [0.2, 0.25) is 0 Å². The van der Waals surface area contributed by atoms with E-state index in [0.29, 0.717) is 0 Å². The summed E-state index contributed by atoms with van der Waals surface area (Å²) in [5.74, 6) is -2.93. The first-order chi connectivity index (χ1) is 9.68. The van der Waals surface area contributed by atoms with Gasteiger partial charge in [0.05, 0.1) is 0 Å². The largest absolute Gasteiger partial charge is 0.481 e. The fraction of sp³-hybridized carbons (Fsp3) is 0.692. The monoisotopic (exact) mass is 301 g/mol. The number of amides is 3. The Hall–Kier alpha value is -2.12. The van der Waals surface area contributed by atoms with E-state index < -0.39 is 29.9 Å². The van der Waals surface area contributed by atoms with Crippen molar-refractivity contribution >= 4 is 23.7 Å². The summed E-state index contributed by atoms with van der Waals surface area (Å²) >= 11 is 0. The third-order valence-corrected chi connectivity index (χ3v) is 2.89. The van der Waals surface area contributed by atoms with Gasteiger partial charge in [-0.15, -0.1) is 0 Å². The summed E-state index contributed by atoms with van der Waals surface area (Å²) in [5.41, 5.74) is 5.14. The maximum atomic E-state index is 12.1. The molecule has 0 aromatic rings. The Bertz CT molecular complexity index is 409. The van der Waals surface area contributed by atoms with Gasteiger partial charge in [-0.05, 0) is 12.3 Å². The molecule has 0 aliphatic heterocycles. The van der Waals surface area contributed by atoms with Gasteiger partial charge in [-0.25, -0.2) is 0 Å². The van der Waals surface area contributed by atoms with Crippen LogP contribution in [0.5, 0.6) is 0 Å². The number of aliphatic carboxylic acids is 1. The molecule has 0 unspecified atom stereocenters. The lowest BCUT2D eigenvalue weighted by molar-refractivity contribution is -0.138. The summed E-state index contributed by atoms with van der Waals surface area (Å²) in [6.45, 7) is 5.15. The number of hydrogen-bond acceptors (Lipinski definition) is 4. The molecule has 0 aliphatic carbocycles. The van der Waals surface area contributed by atoms with Gasteiger partial charge in [0.2, 0.25) is 17.7 Å². The highest BCUT2D eigenvalue weighted by atomic mass is 16.4. The second kappa shape index (κ2) is 8.93. The molecule has 0 aliphatic rings. The summed E-state index contributed by atoms with van der Waals surface area (Å²) in [4.78, 5) is 45.3. The second-order valence-corrected chi connectivity index (χ2v) is 5.04. The molecule has 3 amide bonds. The fourth-order valence-electron chi connectivity index (χ4n) is 1.63. The lowest BCUT2D eigenvalue weighted by atomic mass is 10.0. The zero-order valence-electron chi connectivity index (χ0n) is 12.5. The summed E-state index contributed by atoms with van der Waals surface area (Å²) in [6.07, 6.45) is -0.154. The molecule has 8 nitrogen and oxygen atoms in total. The SMILES string of the molecule is CCC(=O)N[C@H](C(=O)N[C@@H](CCC(=O)O)C(N)=O)C(C)C. The van der Waals surface area contributed by atoms with Crippen LogP contribution in [0.15, 0.2) is 0 Å². The van der Waals surface area contributed by atoms with Gasteiger partial charge in [-0.1, -0.05) is 20.8 Å². The maximum Gasteiger partial charge on any atom is 0.303 e. The second-order valence-electron chi connectivity index (χ2n) is 5.04. The molecule has 120 valence electrons. The smallest absolute Gasteiger partial charge is 0.303 e.